The first-order valence-electron chi connectivity index (χ1n) is 9.29. The van der Waals surface area contributed by atoms with E-state index in [1.807, 2.05) is 0 Å². The van der Waals surface area contributed by atoms with Crippen LogP contribution in [0.5, 0.6) is 11.5 Å². The van der Waals surface area contributed by atoms with Gasteiger partial charge in [0.1, 0.15) is 29.1 Å². The number of hydrogen-bond donors (Lipinski definition) is 1. The number of halogens is 1. The van der Waals surface area contributed by atoms with E-state index in [0.717, 1.165) is 0 Å². The Morgan fingerprint density at radius 2 is 1.77 bits per heavy atom. The molecule has 1 atom stereocenters. The molecule has 31 heavy (non-hydrogen) atoms. The van der Waals surface area contributed by atoms with Gasteiger partial charge in [-0.2, -0.15) is 0 Å². The molecule has 0 spiro atoms. The number of carbonyl (C=O) groups excluding carboxylic acids is 2. The highest BCUT2D eigenvalue weighted by Crippen LogP contribution is 2.45. The maximum atomic E-state index is 13.1. The van der Waals surface area contributed by atoms with Crippen molar-refractivity contribution in [1.29, 1.82) is 0 Å². The molecule has 158 valence electrons. The van der Waals surface area contributed by atoms with Crippen molar-refractivity contribution in [2.45, 2.75) is 6.04 Å². The lowest BCUT2D eigenvalue weighted by atomic mass is 9.98. The van der Waals surface area contributed by atoms with E-state index < -0.39 is 23.5 Å². The fourth-order valence-electron chi connectivity index (χ4n) is 3.64. The topological polar surface area (TPSA) is 89.2 Å². The number of ether oxygens (including phenoxy) is 2. The van der Waals surface area contributed by atoms with Crippen LogP contribution in [-0.4, -0.2) is 31.0 Å². The quantitative estimate of drug-likeness (QED) is 0.355. The Morgan fingerprint density at radius 3 is 2.45 bits per heavy atom. The summed E-state index contributed by atoms with van der Waals surface area (Å²) in [5, 5.41) is 11.5. The molecule has 1 saturated heterocycles. The van der Waals surface area contributed by atoms with E-state index in [0.29, 0.717) is 28.0 Å². The maximum absolute atomic E-state index is 13.1. The van der Waals surface area contributed by atoms with E-state index in [9.17, 15) is 14.7 Å². The second-order valence-electron chi connectivity index (χ2n) is 6.70. The lowest BCUT2D eigenvalue weighted by Crippen LogP contribution is -2.29. The van der Waals surface area contributed by atoms with Crippen LogP contribution in [0, 0.1) is 0 Å². The summed E-state index contributed by atoms with van der Waals surface area (Å²) in [5.74, 6) is -1.13. The molecular formula is C23H18ClNO6. The first-order chi connectivity index (χ1) is 15.0. The Hall–Kier alpha value is -3.71. The second kappa shape index (κ2) is 8.20. The number of hydrogen-bond acceptors (Lipinski definition) is 6. The Bertz CT molecular complexity index is 1180. The molecular weight excluding hydrogens is 422 g/mol. The number of nitrogens with zero attached hydrogens (tertiary/aromatic N) is 1. The summed E-state index contributed by atoms with van der Waals surface area (Å²) in [5.41, 5.74) is 0.404. The predicted molar refractivity (Wildman–Crippen MR) is 114 cm³/mol. The van der Waals surface area contributed by atoms with Crippen molar-refractivity contribution in [3.05, 3.63) is 82.8 Å². The zero-order valence-corrected chi connectivity index (χ0v) is 17.4. The van der Waals surface area contributed by atoms with E-state index in [2.05, 4.69) is 0 Å². The lowest BCUT2D eigenvalue weighted by Gasteiger charge is -2.25. The van der Waals surface area contributed by atoms with Gasteiger partial charge in [-0.25, -0.2) is 0 Å². The van der Waals surface area contributed by atoms with Crippen LogP contribution in [0.3, 0.4) is 0 Å². The van der Waals surface area contributed by atoms with Crippen LogP contribution in [0.25, 0.3) is 5.76 Å². The number of benzene rings is 2. The maximum Gasteiger partial charge on any atom is 0.300 e. The van der Waals surface area contributed by atoms with E-state index in [1.165, 1.54) is 31.4 Å². The molecule has 1 aromatic heterocycles. The van der Waals surface area contributed by atoms with Crippen molar-refractivity contribution < 1.29 is 28.6 Å². The summed E-state index contributed by atoms with van der Waals surface area (Å²) in [4.78, 5) is 27.5. The summed E-state index contributed by atoms with van der Waals surface area (Å²) < 4.78 is 16.2. The molecule has 0 bridgehead atoms. The summed E-state index contributed by atoms with van der Waals surface area (Å²) in [6.45, 7) is 0. The van der Waals surface area contributed by atoms with Gasteiger partial charge in [0.25, 0.3) is 11.7 Å². The van der Waals surface area contributed by atoms with Gasteiger partial charge in [-0.1, -0.05) is 23.7 Å². The molecule has 4 rings (SSSR count). The Balaban J connectivity index is 1.98. The first-order valence-corrected chi connectivity index (χ1v) is 9.67. The van der Waals surface area contributed by atoms with Crippen LogP contribution in [0.2, 0.25) is 5.02 Å². The van der Waals surface area contributed by atoms with Gasteiger partial charge in [0, 0.05) is 5.02 Å². The number of anilines is 1. The predicted octanol–water partition coefficient (Wildman–Crippen LogP) is 4.58. The molecule has 1 unspecified atom stereocenters. The summed E-state index contributed by atoms with van der Waals surface area (Å²) in [7, 11) is 2.89. The van der Waals surface area contributed by atoms with Gasteiger partial charge in [0.05, 0.1) is 37.3 Å². The van der Waals surface area contributed by atoms with E-state index in [1.54, 1.807) is 48.5 Å². The Labute approximate surface area is 183 Å². The molecule has 1 amide bonds. The minimum absolute atomic E-state index is 0.147. The summed E-state index contributed by atoms with van der Waals surface area (Å²) in [6.07, 6.45) is 1.43. The van der Waals surface area contributed by atoms with Gasteiger partial charge in [0.15, 0.2) is 0 Å². The van der Waals surface area contributed by atoms with Crippen LogP contribution >= 0.6 is 11.6 Å². The van der Waals surface area contributed by atoms with Crippen molar-refractivity contribution in [3.63, 3.8) is 0 Å². The van der Waals surface area contributed by atoms with Crippen molar-refractivity contribution in [3.8, 4) is 11.5 Å². The Kier molecular flexibility index (Phi) is 5.44. The van der Waals surface area contributed by atoms with Crippen LogP contribution in [0.4, 0.5) is 5.69 Å². The van der Waals surface area contributed by atoms with Crippen molar-refractivity contribution in [2.75, 3.05) is 19.1 Å². The molecule has 2 heterocycles. The number of aliphatic hydroxyl groups is 1. The number of rotatable bonds is 5. The third-order valence-corrected chi connectivity index (χ3v) is 5.25. The average Bonchev–Trinajstić information content (AvgIpc) is 3.40. The molecule has 2 aromatic carbocycles. The lowest BCUT2D eigenvalue weighted by molar-refractivity contribution is -0.132. The molecule has 1 fully saturated rings. The third-order valence-electron chi connectivity index (χ3n) is 5.02. The highest BCUT2D eigenvalue weighted by atomic mass is 35.5. The summed E-state index contributed by atoms with van der Waals surface area (Å²) in [6, 6.07) is 13.7. The zero-order chi connectivity index (χ0) is 22.1. The Morgan fingerprint density at radius 1 is 1.03 bits per heavy atom. The SMILES string of the molecule is COc1ccc(Cl)cc1/C(O)=C1/C(=O)C(=O)N(c2ccccc2OC)C1c1ccco1. The molecule has 0 radical (unpaired) electrons. The molecule has 1 N–H and O–H groups in total. The van der Waals surface area contributed by atoms with Crippen LogP contribution in [0.15, 0.2) is 70.9 Å². The largest absolute Gasteiger partial charge is 0.507 e. The number of amides is 1. The normalized spacial score (nSPS) is 17.8. The number of ketones is 1. The van der Waals surface area contributed by atoms with E-state index in [-0.39, 0.29) is 11.1 Å². The van der Waals surface area contributed by atoms with Crippen LogP contribution in [-0.2, 0) is 9.59 Å². The number of methoxy groups -OCH3 is 2. The monoisotopic (exact) mass is 439 g/mol. The minimum atomic E-state index is -1.02. The van der Waals surface area contributed by atoms with Gasteiger partial charge < -0.3 is 19.0 Å². The fourth-order valence-corrected chi connectivity index (χ4v) is 3.81. The van der Waals surface area contributed by atoms with Gasteiger partial charge in [-0.3, -0.25) is 14.5 Å². The summed E-state index contributed by atoms with van der Waals surface area (Å²) >= 11 is 6.10. The fraction of sp³-hybridized carbons (Fsp3) is 0.130. The molecule has 0 saturated carbocycles. The van der Waals surface area contributed by atoms with Crippen LogP contribution < -0.4 is 14.4 Å². The third kappa shape index (κ3) is 3.43. The van der Waals surface area contributed by atoms with Crippen LogP contribution in [0.1, 0.15) is 17.4 Å². The van der Waals surface area contributed by atoms with Crippen molar-refractivity contribution in [1.82, 2.24) is 0 Å². The number of carbonyl (C=O) groups is 2. The van der Waals surface area contributed by atoms with Crippen molar-refractivity contribution >= 4 is 34.7 Å². The van der Waals surface area contributed by atoms with Crippen molar-refractivity contribution in [2.24, 2.45) is 0 Å². The second-order valence-corrected chi connectivity index (χ2v) is 7.14. The number of furan rings is 1. The van der Waals surface area contributed by atoms with Gasteiger partial charge in [-0.05, 0) is 42.5 Å². The molecule has 7 nitrogen and oxygen atoms in total. The van der Waals surface area contributed by atoms with Gasteiger partial charge in [-0.15, -0.1) is 0 Å². The smallest absolute Gasteiger partial charge is 0.300 e. The first kappa shape index (κ1) is 20.6. The zero-order valence-electron chi connectivity index (χ0n) is 16.7. The minimum Gasteiger partial charge on any atom is -0.507 e. The molecule has 3 aromatic rings. The average molecular weight is 440 g/mol. The van der Waals surface area contributed by atoms with Gasteiger partial charge in [0.2, 0.25) is 0 Å². The van der Waals surface area contributed by atoms with Gasteiger partial charge >= 0.3 is 0 Å². The standard InChI is InChI=1S/C23H18ClNO6/c1-29-16-10-9-13(24)12-14(16)21(26)19-20(18-8-5-11-31-18)25(23(28)22(19)27)15-6-3-4-7-17(15)30-2/h3-12,20,26H,1-2H3/b21-19-. The number of aliphatic hydroxyl groups excluding tert-OH is 1. The molecule has 0 aliphatic carbocycles. The molecule has 1 aliphatic rings. The highest BCUT2D eigenvalue weighted by Gasteiger charge is 2.49. The number of Topliss-reactive ketones (excluding diaryl/α,β-unsaturated/α-hetero) is 1. The van der Waals surface area contributed by atoms with E-state index >= 15 is 0 Å². The highest BCUT2D eigenvalue weighted by molar-refractivity contribution is 6.52. The molecule has 1 aliphatic heterocycles. The number of para-hydroxylation sites is 2. The molecule has 8 heteroatoms. The van der Waals surface area contributed by atoms with E-state index in [4.69, 9.17) is 25.5 Å².